The Bertz CT molecular complexity index is 348. The fourth-order valence-electron chi connectivity index (χ4n) is 1.78. The normalized spacial score (nSPS) is 14.4. The summed E-state index contributed by atoms with van der Waals surface area (Å²) in [5, 5.41) is 0. The van der Waals surface area contributed by atoms with Gasteiger partial charge in [0.05, 0.1) is 6.10 Å². The summed E-state index contributed by atoms with van der Waals surface area (Å²) < 4.78 is 5.31. The van der Waals surface area contributed by atoms with Crippen LogP contribution in [0.25, 0.3) is 0 Å². The van der Waals surface area contributed by atoms with Crippen LogP contribution in [0.1, 0.15) is 38.8 Å². The third kappa shape index (κ3) is 4.57. The van der Waals surface area contributed by atoms with Gasteiger partial charge in [-0.3, -0.25) is 0 Å². The maximum atomic E-state index is 11.8. The van der Waals surface area contributed by atoms with E-state index in [1.807, 2.05) is 37.3 Å². The molecule has 0 heterocycles. The minimum atomic E-state index is -0.689. The van der Waals surface area contributed by atoms with E-state index >= 15 is 0 Å². The van der Waals surface area contributed by atoms with Gasteiger partial charge in [-0.05, 0) is 24.8 Å². The Labute approximate surface area is 103 Å². The van der Waals surface area contributed by atoms with Crippen molar-refractivity contribution in [3.05, 3.63) is 35.9 Å². The monoisotopic (exact) mass is 235 g/mol. The number of hydrogen-bond donors (Lipinski definition) is 1. The van der Waals surface area contributed by atoms with Crippen molar-refractivity contribution in [1.29, 1.82) is 0 Å². The number of rotatable bonds is 5. The second-order valence-corrected chi connectivity index (χ2v) is 4.77. The van der Waals surface area contributed by atoms with E-state index < -0.39 is 6.04 Å². The number of esters is 1. The lowest BCUT2D eigenvalue weighted by atomic mass is 10.1. The van der Waals surface area contributed by atoms with E-state index in [-0.39, 0.29) is 12.1 Å². The van der Waals surface area contributed by atoms with Crippen molar-refractivity contribution in [2.45, 2.75) is 39.3 Å². The molecular formula is C14H21NO2. The summed E-state index contributed by atoms with van der Waals surface area (Å²) in [6.45, 7) is 6.10. The highest BCUT2D eigenvalue weighted by Crippen LogP contribution is 2.14. The van der Waals surface area contributed by atoms with Gasteiger partial charge in [-0.25, -0.2) is 4.79 Å². The van der Waals surface area contributed by atoms with Gasteiger partial charge >= 0.3 is 5.97 Å². The largest absolute Gasteiger partial charge is 0.461 e. The predicted molar refractivity (Wildman–Crippen MR) is 68.4 cm³/mol. The Hall–Kier alpha value is -1.35. The number of carbonyl (C=O) groups is 1. The number of hydrogen-bond acceptors (Lipinski definition) is 3. The minimum Gasteiger partial charge on any atom is -0.461 e. The summed E-state index contributed by atoms with van der Waals surface area (Å²) in [6.07, 6.45) is 0.769. The van der Waals surface area contributed by atoms with Gasteiger partial charge in [0.15, 0.2) is 0 Å². The lowest BCUT2D eigenvalue weighted by Gasteiger charge is -2.18. The van der Waals surface area contributed by atoms with Crippen LogP contribution in [0.3, 0.4) is 0 Å². The first kappa shape index (κ1) is 13.7. The summed E-state index contributed by atoms with van der Waals surface area (Å²) in [6, 6.07) is 8.59. The molecule has 0 saturated carbocycles. The lowest BCUT2D eigenvalue weighted by molar-refractivity contribution is -0.150. The molecule has 94 valence electrons. The molecule has 0 fully saturated rings. The van der Waals surface area contributed by atoms with Crippen LogP contribution in [0.2, 0.25) is 0 Å². The fourth-order valence-corrected chi connectivity index (χ4v) is 1.78. The summed E-state index contributed by atoms with van der Waals surface area (Å²) in [5.41, 5.74) is 6.63. The van der Waals surface area contributed by atoms with Gasteiger partial charge in [0.2, 0.25) is 0 Å². The van der Waals surface area contributed by atoms with Gasteiger partial charge in [0.25, 0.3) is 0 Å². The van der Waals surface area contributed by atoms with E-state index in [1.165, 1.54) is 0 Å². The van der Waals surface area contributed by atoms with E-state index in [2.05, 4.69) is 13.8 Å². The van der Waals surface area contributed by atoms with Gasteiger partial charge in [0.1, 0.15) is 6.04 Å². The maximum Gasteiger partial charge on any atom is 0.327 e. The van der Waals surface area contributed by atoms with Crippen LogP contribution in [0, 0.1) is 5.92 Å². The number of carbonyl (C=O) groups excluding carboxylic acids is 1. The zero-order valence-electron chi connectivity index (χ0n) is 10.7. The van der Waals surface area contributed by atoms with E-state index in [1.54, 1.807) is 0 Å². The molecular weight excluding hydrogens is 214 g/mol. The molecule has 0 radical (unpaired) electrons. The van der Waals surface area contributed by atoms with Crippen molar-refractivity contribution in [1.82, 2.24) is 0 Å². The topological polar surface area (TPSA) is 52.3 Å². The Morgan fingerprint density at radius 2 is 1.82 bits per heavy atom. The first-order chi connectivity index (χ1) is 8.00. The predicted octanol–water partition coefficient (Wildman–Crippen LogP) is 2.66. The highest BCUT2D eigenvalue weighted by Gasteiger charge is 2.19. The zero-order valence-corrected chi connectivity index (χ0v) is 10.7. The quantitative estimate of drug-likeness (QED) is 0.798. The van der Waals surface area contributed by atoms with Crippen LogP contribution in [0.4, 0.5) is 0 Å². The Morgan fingerprint density at radius 1 is 1.24 bits per heavy atom. The van der Waals surface area contributed by atoms with Gasteiger partial charge in [-0.15, -0.1) is 0 Å². The Balaban J connectivity index is 2.53. The average molecular weight is 235 g/mol. The first-order valence-corrected chi connectivity index (χ1v) is 6.01. The Morgan fingerprint density at radius 3 is 2.35 bits per heavy atom. The summed E-state index contributed by atoms with van der Waals surface area (Å²) in [7, 11) is 0. The highest BCUT2D eigenvalue weighted by molar-refractivity contribution is 5.77. The highest BCUT2D eigenvalue weighted by atomic mass is 16.5. The summed E-state index contributed by atoms with van der Waals surface area (Å²) in [5.74, 6) is 0.148. The third-order valence-electron chi connectivity index (χ3n) is 2.53. The van der Waals surface area contributed by atoms with Gasteiger partial charge < -0.3 is 10.5 Å². The van der Waals surface area contributed by atoms with Crippen molar-refractivity contribution in [2.24, 2.45) is 11.7 Å². The maximum absolute atomic E-state index is 11.8. The molecule has 17 heavy (non-hydrogen) atoms. The van der Waals surface area contributed by atoms with Crippen LogP contribution in [-0.2, 0) is 9.53 Å². The SMILES string of the molecule is CC(C)CC(C)OC(=O)C(N)c1ccccc1. The van der Waals surface area contributed by atoms with E-state index in [9.17, 15) is 4.79 Å². The fraction of sp³-hybridized carbons (Fsp3) is 0.500. The first-order valence-electron chi connectivity index (χ1n) is 6.01. The van der Waals surface area contributed by atoms with E-state index in [4.69, 9.17) is 10.5 Å². The Kier molecular flexibility index (Phi) is 5.16. The molecule has 1 aromatic carbocycles. The summed E-state index contributed by atoms with van der Waals surface area (Å²) in [4.78, 5) is 11.8. The molecule has 1 aromatic rings. The van der Waals surface area contributed by atoms with Crippen LogP contribution in [0.5, 0.6) is 0 Å². The van der Waals surface area contributed by atoms with Crippen LogP contribution >= 0.6 is 0 Å². The average Bonchev–Trinajstić information content (AvgIpc) is 2.28. The third-order valence-corrected chi connectivity index (χ3v) is 2.53. The van der Waals surface area contributed by atoms with Crippen LogP contribution < -0.4 is 5.73 Å². The molecule has 3 nitrogen and oxygen atoms in total. The molecule has 2 N–H and O–H groups in total. The number of benzene rings is 1. The molecule has 2 unspecified atom stereocenters. The second kappa shape index (κ2) is 6.40. The lowest BCUT2D eigenvalue weighted by Crippen LogP contribution is -2.27. The van der Waals surface area contributed by atoms with Crippen molar-refractivity contribution in [2.75, 3.05) is 0 Å². The molecule has 0 bridgehead atoms. The molecule has 0 aromatic heterocycles. The molecule has 0 aliphatic rings. The standard InChI is InChI=1S/C14H21NO2/c1-10(2)9-11(3)17-14(16)13(15)12-7-5-4-6-8-12/h4-8,10-11,13H,9,15H2,1-3H3. The molecule has 0 spiro atoms. The van der Waals surface area contributed by atoms with Crippen molar-refractivity contribution >= 4 is 5.97 Å². The molecule has 2 atom stereocenters. The van der Waals surface area contributed by atoms with Crippen LogP contribution in [0.15, 0.2) is 30.3 Å². The molecule has 0 amide bonds. The van der Waals surface area contributed by atoms with E-state index in [0.29, 0.717) is 5.92 Å². The molecule has 0 saturated heterocycles. The van der Waals surface area contributed by atoms with Crippen molar-refractivity contribution in [3.63, 3.8) is 0 Å². The van der Waals surface area contributed by atoms with E-state index in [0.717, 1.165) is 12.0 Å². The molecule has 3 heteroatoms. The minimum absolute atomic E-state index is 0.0859. The molecule has 0 aliphatic carbocycles. The van der Waals surface area contributed by atoms with Crippen LogP contribution in [-0.4, -0.2) is 12.1 Å². The van der Waals surface area contributed by atoms with Gasteiger partial charge in [-0.2, -0.15) is 0 Å². The van der Waals surface area contributed by atoms with Crippen molar-refractivity contribution < 1.29 is 9.53 Å². The van der Waals surface area contributed by atoms with Gasteiger partial charge in [-0.1, -0.05) is 44.2 Å². The van der Waals surface area contributed by atoms with Crippen molar-refractivity contribution in [3.8, 4) is 0 Å². The number of ether oxygens (including phenoxy) is 1. The van der Waals surface area contributed by atoms with Gasteiger partial charge in [0, 0.05) is 0 Å². The second-order valence-electron chi connectivity index (χ2n) is 4.77. The molecule has 1 rings (SSSR count). The zero-order chi connectivity index (χ0) is 12.8. The molecule has 0 aliphatic heterocycles. The smallest absolute Gasteiger partial charge is 0.327 e. The summed E-state index contributed by atoms with van der Waals surface area (Å²) >= 11 is 0. The number of nitrogens with two attached hydrogens (primary N) is 1.